The standard InChI is InChI=1S/C16H15N3O2/c1-10(2)11-3-5-12(6-4-11)14-7-8-17-16-18-13(15(20)21)9-19(14)16/h3-10H,1-2H3,(H,20,21). The predicted molar refractivity (Wildman–Crippen MR) is 79.5 cm³/mol. The molecule has 0 aliphatic rings. The fourth-order valence-electron chi connectivity index (χ4n) is 2.27. The molecule has 3 rings (SSSR count). The molecule has 0 unspecified atom stereocenters. The number of fused-ring (bicyclic) bond motifs is 1. The number of rotatable bonds is 3. The average molecular weight is 281 g/mol. The predicted octanol–water partition coefficient (Wildman–Crippen LogP) is 3.22. The van der Waals surface area contributed by atoms with Gasteiger partial charge in [0.1, 0.15) is 0 Å². The summed E-state index contributed by atoms with van der Waals surface area (Å²) >= 11 is 0. The van der Waals surface area contributed by atoms with E-state index in [-0.39, 0.29) is 5.69 Å². The number of imidazole rings is 1. The summed E-state index contributed by atoms with van der Waals surface area (Å²) in [6, 6.07) is 10.1. The number of carbonyl (C=O) groups is 1. The van der Waals surface area contributed by atoms with Gasteiger partial charge in [-0.15, -0.1) is 0 Å². The van der Waals surface area contributed by atoms with Crippen molar-refractivity contribution >= 4 is 11.7 Å². The summed E-state index contributed by atoms with van der Waals surface area (Å²) in [6.45, 7) is 4.29. The zero-order valence-electron chi connectivity index (χ0n) is 11.8. The Morgan fingerprint density at radius 2 is 1.90 bits per heavy atom. The van der Waals surface area contributed by atoms with Crippen molar-refractivity contribution in [2.45, 2.75) is 19.8 Å². The Labute approximate surface area is 121 Å². The van der Waals surface area contributed by atoms with Crippen molar-refractivity contribution in [3.63, 3.8) is 0 Å². The molecule has 2 heterocycles. The molecule has 0 radical (unpaired) electrons. The summed E-state index contributed by atoms with van der Waals surface area (Å²) in [6.07, 6.45) is 3.13. The SMILES string of the molecule is CC(C)c1ccc(-c2ccnc3nc(C(=O)O)cn23)cc1. The molecule has 0 amide bonds. The van der Waals surface area contributed by atoms with Gasteiger partial charge in [-0.1, -0.05) is 38.1 Å². The summed E-state index contributed by atoms with van der Waals surface area (Å²) in [5, 5.41) is 9.04. The number of carboxylic acid groups (broad SMARTS) is 1. The zero-order valence-corrected chi connectivity index (χ0v) is 11.8. The van der Waals surface area contributed by atoms with Crippen LogP contribution in [0.3, 0.4) is 0 Å². The highest BCUT2D eigenvalue weighted by Crippen LogP contribution is 2.23. The maximum atomic E-state index is 11.0. The van der Waals surface area contributed by atoms with Gasteiger partial charge < -0.3 is 5.11 Å². The molecule has 0 aliphatic carbocycles. The van der Waals surface area contributed by atoms with Crippen molar-refractivity contribution < 1.29 is 9.90 Å². The van der Waals surface area contributed by atoms with E-state index in [4.69, 9.17) is 5.11 Å². The molecule has 0 spiro atoms. The second-order valence-electron chi connectivity index (χ2n) is 5.21. The van der Waals surface area contributed by atoms with Crippen molar-refractivity contribution in [1.29, 1.82) is 0 Å². The third-order valence-corrected chi connectivity index (χ3v) is 3.46. The highest BCUT2D eigenvalue weighted by Gasteiger charge is 2.12. The molecule has 21 heavy (non-hydrogen) atoms. The highest BCUT2D eigenvalue weighted by atomic mass is 16.4. The van der Waals surface area contributed by atoms with Gasteiger partial charge in [-0.3, -0.25) is 4.40 Å². The van der Waals surface area contributed by atoms with E-state index in [0.717, 1.165) is 11.3 Å². The Morgan fingerprint density at radius 1 is 1.19 bits per heavy atom. The lowest BCUT2D eigenvalue weighted by Gasteiger charge is -2.08. The number of aromatic carboxylic acids is 1. The van der Waals surface area contributed by atoms with E-state index in [2.05, 4.69) is 35.9 Å². The average Bonchev–Trinajstić information content (AvgIpc) is 2.91. The number of hydrogen-bond donors (Lipinski definition) is 1. The van der Waals surface area contributed by atoms with Crippen molar-refractivity contribution in [3.05, 3.63) is 54.0 Å². The number of hydrogen-bond acceptors (Lipinski definition) is 3. The Bertz CT molecular complexity index is 804. The largest absolute Gasteiger partial charge is 0.476 e. The van der Waals surface area contributed by atoms with Crippen LogP contribution in [0.4, 0.5) is 0 Å². The molecule has 0 aliphatic heterocycles. The van der Waals surface area contributed by atoms with Gasteiger partial charge in [0.25, 0.3) is 0 Å². The van der Waals surface area contributed by atoms with Crippen LogP contribution in [0.25, 0.3) is 17.0 Å². The van der Waals surface area contributed by atoms with Gasteiger partial charge >= 0.3 is 5.97 Å². The van der Waals surface area contributed by atoms with E-state index >= 15 is 0 Å². The molecular weight excluding hydrogens is 266 g/mol. The van der Waals surface area contributed by atoms with Crippen LogP contribution in [0.1, 0.15) is 35.8 Å². The van der Waals surface area contributed by atoms with Gasteiger partial charge in [0.15, 0.2) is 5.69 Å². The molecular formula is C16H15N3O2. The van der Waals surface area contributed by atoms with Crippen LogP contribution in [-0.4, -0.2) is 25.4 Å². The van der Waals surface area contributed by atoms with Crippen molar-refractivity contribution in [3.8, 4) is 11.3 Å². The van der Waals surface area contributed by atoms with Crippen LogP contribution in [0.2, 0.25) is 0 Å². The molecule has 0 saturated carbocycles. The first-order chi connectivity index (χ1) is 10.1. The molecule has 0 saturated heterocycles. The maximum Gasteiger partial charge on any atom is 0.356 e. The Morgan fingerprint density at radius 3 is 2.52 bits per heavy atom. The third kappa shape index (κ3) is 2.38. The summed E-state index contributed by atoms with van der Waals surface area (Å²) in [5.41, 5.74) is 3.13. The Kier molecular flexibility index (Phi) is 3.17. The number of aromatic nitrogens is 3. The summed E-state index contributed by atoms with van der Waals surface area (Å²) < 4.78 is 1.70. The maximum absolute atomic E-state index is 11.0. The zero-order chi connectivity index (χ0) is 15.0. The molecule has 106 valence electrons. The highest BCUT2D eigenvalue weighted by molar-refractivity contribution is 5.86. The first-order valence-corrected chi connectivity index (χ1v) is 6.74. The minimum atomic E-state index is -1.05. The van der Waals surface area contributed by atoms with Gasteiger partial charge in [-0.2, -0.15) is 0 Å². The van der Waals surface area contributed by atoms with Crippen LogP contribution in [0.5, 0.6) is 0 Å². The molecule has 5 heteroatoms. The van der Waals surface area contributed by atoms with Crippen LogP contribution in [-0.2, 0) is 0 Å². The van der Waals surface area contributed by atoms with E-state index in [1.54, 1.807) is 10.6 Å². The quantitative estimate of drug-likeness (QED) is 0.800. The van der Waals surface area contributed by atoms with Crippen molar-refractivity contribution in [2.24, 2.45) is 0 Å². The Hall–Kier alpha value is -2.69. The fraction of sp³-hybridized carbons (Fsp3) is 0.188. The lowest BCUT2D eigenvalue weighted by Crippen LogP contribution is -1.95. The second kappa shape index (κ2) is 5.01. The van der Waals surface area contributed by atoms with Crippen molar-refractivity contribution in [1.82, 2.24) is 14.4 Å². The molecule has 0 bridgehead atoms. The van der Waals surface area contributed by atoms with Crippen LogP contribution in [0.15, 0.2) is 42.7 Å². The monoisotopic (exact) mass is 281 g/mol. The summed E-state index contributed by atoms with van der Waals surface area (Å²) in [5.74, 6) is -0.192. The lowest BCUT2D eigenvalue weighted by atomic mass is 10.0. The molecule has 1 N–H and O–H groups in total. The number of nitrogens with zero attached hydrogens (tertiary/aromatic N) is 3. The fourth-order valence-corrected chi connectivity index (χ4v) is 2.27. The smallest absolute Gasteiger partial charge is 0.356 e. The van der Waals surface area contributed by atoms with Gasteiger partial charge in [0, 0.05) is 12.4 Å². The molecule has 3 aromatic rings. The molecule has 2 aromatic heterocycles. The molecule has 5 nitrogen and oxygen atoms in total. The van der Waals surface area contributed by atoms with Crippen LogP contribution < -0.4 is 0 Å². The first kappa shape index (κ1) is 13.3. The van der Waals surface area contributed by atoms with E-state index in [1.165, 1.54) is 11.8 Å². The molecule has 0 fully saturated rings. The van der Waals surface area contributed by atoms with Crippen molar-refractivity contribution in [2.75, 3.05) is 0 Å². The van der Waals surface area contributed by atoms with Gasteiger partial charge in [-0.25, -0.2) is 14.8 Å². The van der Waals surface area contributed by atoms with E-state index in [9.17, 15) is 4.79 Å². The third-order valence-electron chi connectivity index (χ3n) is 3.46. The Balaban J connectivity index is 2.13. The lowest BCUT2D eigenvalue weighted by molar-refractivity contribution is 0.0691. The van der Waals surface area contributed by atoms with E-state index in [0.29, 0.717) is 11.7 Å². The van der Waals surface area contributed by atoms with Crippen LogP contribution >= 0.6 is 0 Å². The minimum Gasteiger partial charge on any atom is -0.476 e. The minimum absolute atomic E-state index is 0.00579. The van der Waals surface area contributed by atoms with Gasteiger partial charge in [-0.05, 0) is 23.1 Å². The normalized spacial score (nSPS) is 11.2. The number of carboxylic acids is 1. The molecule has 1 aromatic carbocycles. The second-order valence-corrected chi connectivity index (χ2v) is 5.21. The van der Waals surface area contributed by atoms with E-state index in [1.807, 2.05) is 18.2 Å². The van der Waals surface area contributed by atoms with Gasteiger partial charge in [0.2, 0.25) is 5.78 Å². The summed E-state index contributed by atoms with van der Waals surface area (Å²) in [7, 11) is 0. The topological polar surface area (TPSA) is 67.5 Å². The van der Waals surface area contributed by atoms with Gasteiger partial charge in [0.05, 0.1) is 5.69 Å². The number of benzene rings is 1. The summed E-state index contributed by atoms with van der Waals surface area (Å²) in [4.78, 5) is 19.1. The van der Waals surface area contributed by atoms with E-state index < -0.39 is 5.97 Å². The first-order valence-electron chi connectivity index (χ1n) is 6.74. The van der Waals surface area contributed by atoms with Crippen LogP contribution in [0, 0.1) is 0 Å². The molecule has 0 atom stereocenters.